The van der Waals surface area contributed by atoms with Crippen molar-refractivity contribution in [3.8, 4) is 22.9 Å². The van der Waals surface area contributed by atoms with Crippen molar-refractivity contribution in [1.29, 1.82) is 5.26 Å². The van der Waals surface area contributed by atoms with Crippen molar-refractivity contribution in [3.63, 3.8) is 0 Å². The van der Waals surface area contributed by atoms with Gasteiger partial charge in [0.15, 0.2) is 5.60 Å². The second-order valence-electron chi connectivity index (χ2n) is 9.17. The van der Waals surface area contributed by atoms with Crippen molar-refractivity contribution >= 4 is 17.5 Å². The molecule has 4 heterocycles. The van der Waals surface area contributed by atoms with E-state index in [4.69, 9.17) is 9.72 Å². The first-order valence-corrected chi connectivity index (χ1v) is 12.0. The zero-order chi connectivity index (χ0) is 23.0. The molecule has 8 nitrogen and oxygen atoms in total. The highest BCUT2D eigenvalue weighted by Gasteiger charge is 2.44. The maximum Gasteiger partial charge on any atom is 0.228 e. The van der Waals surface area contributed by atoms with E-state index in [9.17, 15) is 5.26 Å². The molecule has 1 aromatic carbocycles. The number of benzene rings is 1. The minimum absolute atomic E-state index is 0.509. The van der Waals surface area contributed by atoms with Gasteiger partial charge >= 0.3 is 0 Å². The second kappa shape index (κ2) is 8.58. The van der Waals surface area contributed by atoms with Crippen LogP contribution in [0.25, 0.3) is 11.1 Å². The number of pyridine rings is 1. The van der Waals surface area contributed by atoms with E-state index >= 15 is 0 Å². The first kappa shape index (κ1) is 20.9. The number of rotatable bonds is 3. The van der Waals surface area contributed by atoms with Crippen LogP contribution >= 0.6 is 0 Å². The largest absolute Gasteiger partial charge is 0.479 e. The number of ether oxygens (including phenoxy) is 1. The Morgan fingerprint density at radius 2 is 1.85 bits per heavy atom. The predicted molar refractivity (Wildman–Crippen MR) is 130 cm³/mol. The monoisotopic (exact) mass is 453 g/mol. The number of nitrogens with one attached hydrogen (secondary N) is 2. The van der Waals surface area contributed by atoms with Gasteiger partial charge in [0.2, 0.25) is 5.95 Å². The Morgan fingerprint density at radius 3 is 2.62 bits per heavy atom. The third kappa shape index (κ3) is 3.62. The second-order valence-corrected chi connectivity index (χ2v) is 9.17. The highest BCUT2D eigenvalue weighted by atomic mass is 16.5. The van der Waals surface area contributed by atoms with Gasteiger partial charge in [-0.3, -0.25) is 0 Å². The first-order valence-electron chi connectivity index (χ1n) is 12.0. The number of nitrogens with zero attached hydrogens (tertiary/aromatic N) is 5. The number of hydrogen-bond donors (Lipinski definition) is 2. The zero-order valence-electron chi connectivity index (χ0n) is 19.0. The molecule has 1 spiro atoms. The maximum absolute atomic E-state index is 9.65. The molecule has 0 radical (unpaired) electrons. The standard InChI is InChI=1S/C26H27N7O/c27-15-18-5-4-6-20-21-17-30-25(32-24(21)26(34-23(18)20)9-2-1-3-10-26)31-22-8-7-19(16-29-22)33-13-11-28-12-14-33/h4-8,16-17,28H,1-3,9-14H2,(H,29,30,31,32). The summed E-state index contributed by atoms with van der Waals surface area (Å²) in [6, 6.07) is 12.0. The lowest BCUT2D eigenvalue weighted by Gasteiger charge is -2.42. The molecular formula is C26H27N7O. The van der Waals surface area contributed by atoms with E-state index in [1.807, 2.05) is 36.7 Å². The Kier molecular flexibility index (Phi) is 5.27. The van der Waals surface area contributed by atoms with Gasteiger partial charge in [0.25, 0.3) is 0 Å². The van der Waals surface area contributed by atoms with Crippen LogP contribution in [-0.2, 0) is 5.60 Å². The summed E-state index contributed by atoms with van der Waals surface area (Å²) in [7, 11) is 0. The average molecular weight is 454 g/mol. The van der Waals surface area contributed by atoms with Crippen LogP contribution in [0.15, 0.2) is 42.7 Å². The van der Waals surface area contributed by atoms with Gasteiger partial charge in [0.1, 0.15) is 17.6 Å². The molecule has 172 valence electrons. The van der Waals surface area contributed by atoms with Gasteiger partial charge < -0.3 is 20.3 Å². The SMILES string of the molecule is N#Cc1cccc2c1OC1(CCCCC1)c1nc(Nc3ccc(N4CCNCC4)cn3)ncc1-2. The van der Waals surface area contributed by atoms with Crippen LogP contribution in [0.1, 0.15) is 43.4 Å². The summed E-state index contributed by atoms with van der Waals surface area (Å²) in [6.45, 7) is 3.95. The van der Waals surface area contributed by atoms with Gasteiger partial charge in [0.05, 0.1) is 23.1 Å². The van der Waals surface area contributed by atoms with E-state index in [2.05, 4.69) is 37.6 Å². The third-order valence-corrected chi connectivity index (χ3v) is 7.07. The van der Waals surface area contributed by atoms with Crippen molar-refractivity contribution in [2.75, 3.05) is 36.4 Å². The van der Waals surface area contributed by atoms with Gasteiger partial charge in [-0.2, -0.15) is 5.26 Å². The summed E-state index contributed by atoms with van der Waals surface area (Å²) >= 11 is 0. The van der Waals surface area contributed by atoms with Crippen LogP contribution in [0, 0.1) is 11.3 Å². The Morgan fingerprint density at radius 1 is 1.00 bits per heavy atom. The van der Waals surface area contributed by atoms with E-state index in [-0.39, 0.29) is 0 Å². The van der Waals surface area contributed by atoms with E-state index in [0.717, 1.165) is 74.4 Å². The van der Waals surface area contributed by atoms with Crippen LogP contribution in [0.3, 0.4) is 0 Å². The van der Waals surface area contributed by atoms with Crippen molar-refractivity contribution in [2.45, 2.75) is 37.7 Å². The molecule has 1 aliphatic carbocycles. The number of aromatic nitrogens is 3. The number of anilines is 3. The fourth-order valence-corrected chi connectivity index (χ4v) is 5.32. The molecule has 3 aromatic rings. The van der Waals surface area contributed by atoms with Crippen LogP contribution in [-0.4, -0.2) is 41.1 Å². The van der Waals surface area contributed by atoms with Crippen molar-refractivity contribution < 1.29 is 4.74 Å². The van der Waals surface area contributed by atoms with E-state index < -0.39 is 5.60 Å². The lowest BCUT2D eigenvalue weighted by Crippen LogP contribution is -2.43. The molecule has 0 atom stereocenters. The molecular weight excluding hydrogens is 426 g/mol. The lowest BCUT2D eigenvalue weighted by molar-refractivity contribution is 0.0195. The smallest absolute Gasteiger partial charge is 0.228 e. The topological polar surface area (TPSA) is 99.0 Å². The normalized spacial score (nSPS) is 18.4. The van der Waals surface area contributed by atoms with Gasteiger partial charge in [0, 0.05) is 43.5 Å². The number of piperazine rings is 1. The molecule has 0 bridgehead atoms. The fraction of sp³-hybridized carbons (Fsp3) is 0.385. The summed E-state index contributed by atoms with van der Waals surface area (Å²) < 4.78 is 6.63. The summed E-state index contributed by atoms with van der Waals surface area (Å²) in [5, 5.41) is 16.3. The molecule has 2 N–H and O–H groups in total. The van der Waals surface area contributed by atoms with Crippen LogP contribution < -0.4 is 20.3 Å². The minimum atomic E-state index is -0.521. The Balaban J connectivity index is 1.34. The first-order chi connectivity index (χ1) is 16.8. The average Bonchev–Trinajstić information content (AvgIpc) is 2.90. The van der Waals surface area contributed by atoms with E-state index in [0.29, 0.717) is 23.1 Å². The lowest BCUT2D eigenvalue weighted by atomic mass is 9.77. The summed E-state index contributed by atoms with van der Waals surface area (Å²) in [6.07, 6.45) is 8.86. The summed E-state index contributed by atoms with van der Waals surface area (Å²) in [5.41, 5.74) is 3.90. The van der Waals surface area contributed by atoms with Crippen molar-refractivity contribution in [1.82, 2.24) is 20.3 Å². The molecule has 2 aromatic heterocycles. The highest BCUT2D eigenvalue weighted by molar-refractivity contribution is 5.78. The number of hydrogen-bond acceptors (Lipinski definition) is 8. The molecule has 6 rings (SSSR count). The number of para-hydroxylation sites is 1. The Bertz CT molecular complexity index is 1240. The van der Waals surface area contributed by atoms with Gasteiger partial charge in [-0.25, -0.2) is 15.0 Å². The summed E-state index contributed by atoms with van der Waals surface area (Å²) in [4.78, 5) is 16.5. The molecule has 2 aliphatic heterocycles. The van der Waals surface area contributed by atoms with E-state index in [1.54, 1.807) is 0 Å². The van der Waals surface area contributed by atoms with Crippen molar-refractivity contribution in [3.05, 3.63) is 54.0 Å². The van der Waals surface area contributed by atoms with Gasteiger partial charge in [-0.1, -0.05) is 18.6 Å². The molecule has 0 amide bonds. The van der Waals surface area contributed by atoms with Crippen molar-refractivity contribution in [2.24, 2.45) is 0 Å². The number of nitriles is 1. The van der Waals surface area contributed by atoms with Crippen LogP contribution in [0.4, 0.5) is 17.5 Å². The zero-order valence-corrected chi connectivity index (χ0v) is 19.0. The van der Waals surface area contributed by atoms with E-state index in [1.165, 1.54) is 6.42 Å². The van der Waals surface area contributed by atoms with Crippen LogP contribution in [0.2, 0.25) is 0 Å². The quantitative estimate of drug-likeness (QED) is 0.611. The molecule has 1 saturated carbocycles. The Hall–Kier alpha value is -3.70. The maximum atomic E-state index is 9.65. The molecule has 1 saturated heterocycles. The fourth-order valence-electron chi connectivity index (χ4n) is 5.32. The molecule has 3 aliphatic rings. The predicted octanol–water partition coefficient (Wildman–Crippen LogP) is 4.12. The third-order valence-electron chi connectivity index (χ3n) is 7.07. The minimum Gasteiger partial charge on any atom is -0.479 e. The molecule has 8 heteroatoms. The highest BCUT2D eigenvalue weighted by Crippen LogP contribution is 2.51. The molecule has 34 heavy (non-hydrogen) atoms. The van der Waals surface area contributed by atoms with Gasteiger partial charge in [-0.05, 0) is 43.9 Å². The number of fused-ring (bicyclic) bond motifs is 4. The molecule has 2 fully saturated rings. The van der Waals surface area contributed by atoms with Crippen LogP contribution in [0.5, 0.6) is 5.75 Å². The van der Waals surface area contributed by atoms with Gasteiger partial charge in [-0.15, -0.1) is 0 Å². The molecule has 0 unspecified atom stereocenters. The summed E-state index contributed by atoms with van der Waals surface area (Å²) in [5.74, 6) is 1.88. The Labute approximate surface area is 199 Å².